The summed E-state index contributed by atoms with van der Waals surface area (Å²) in [6, 6.07) is 6.59. The topological polar surface area (TPSA) is 68.0 Å². The van der Waals surface area contributed by atoms with E-state index in [1.807, 2.05) is 0 Å². The summed E-state index contributed by atoms with van der Waals surface area (Å²) in [4.78, 5) is 10.9. The molecular formula is C11H11N3O2. The molecule has 0 aliphatic rings. The highest BCUT2D eigenvalue weighted by atomic mass is 16.3. The average molecular weight is 217 g/mol. The lowest BCUT2D eigenvalue weighted by molar-refractivity contribution is -0.116. The molecule has 1 aromatic carbocycles. The highest BCUT2D eigenvalue weighted by Gasteiger charge is 2.04. The zero-order valence-electron chi connectivity index (χ0n) is 8.79. The van der Waals surface area contributed by atoms with Gasteiger partial charge in [-0.1, -0.05) is 5.21 Å². The normalized spacial score (nSPS) is 10.3. The Morgan fingerprint density at radius 3 is 2.69 bits per heavy atom. The van der Waals surface area contributed by atoms with E-state index < -0.39 is 0 Å². The predicted octanol–water partition coefficient (Wildman–Crippen LogP) is 1.10. The molecule has 2 rings (SSSR count). The standard InChI is InChI=1S/C11H11N3O2/c1-8(15)6-9-7-14(13-12-9)10-2-4-11(16)5-3-10/h2-5,7,16H,6H2,1H3. The van der Waals surface area contributed by atoms with E-state index >= 15 is 0 Å². The molecule has 0 aliphatic heterocycles. The minimum Gasteiger partial charge on any atom is -0.508 e. The first-order valence-electron chi connectivity index (χ1n) is 4.85. The van der Waals surface area contributed by atoms with Gasteiger partial charge in [0.2, 0.25) is 0 Å². The van der Waals surface area contributed by atoms with Crippen LogP contribution < -0.4 is 0 Å². The molecule has 5 heteroatoms. The minimum absolute atomic E-state index is 0.0535. The highest BCUT2D eigenvalue weighted by molar-refractivity contribution is 5.77. The monoisotopic (exact) mass is 217 g/mol. The average Bonchev–Trinajstić information content (AvgIpc) is 2.66. The van der Waals surface area contributed by atoms with Crippen LogP contribution in [0.15, 0.2) is 30.5 Å². The third kappa shape index (κ3) is 2.25. The summed E-state index contributed by atoms with van der Waals surface area (Å²) >= 11 is 0. The lowest BCUT2D eigenvalue weighted by Crippen LogP contribution is -1.96. The molecule has 0 amide bonds. The maximum atomic E-state index is 10.9. The third-order valence-corrected chi connectivity index (χ3v) is 2.09. The van der Waals surface area contributed by atoms with Crippen LogP contribution in [-0.4, -0.2) is 25.9 Å². The Morgan fingerprint density at radius 2 is 2.06 bits per heavy atom. The smallest absolute Gasteiger partial charge is 0.135 e. The number of ketones is 1. The summed E-state index contributed by atoms with van der Waals surface area (Å²) in [6.45, 7) is 1.51. The summed E-state index contributed by atoms with van der Waals surface area (Å²) in [7, 11) is 0. The van der Waals surface area contributed by atoms with Crippen LogP contribution in [0.2, 0.25) is 0 Å². The zero-order chi connectivity index (χ0) is 11.5. The van der Waals surface area contributed by atoms with Crippen LogP contribution in [-0.2, 0) is 11.2 Å². The summed E-state index contributed by atoms with van der Waals surface area (Å²) < 4.78 is 1.57. The van der Waals surface area contributed by atoms with E-state index in [0.717, 1.165) is 5.69 Å². The van der Waals surface area contributed by atoms with Crippen molar-refractivity contribution in [1.82, 2.24) is 15.0 Å². The zero-order valence-corrected chi connectivity index (χ0v) is 8.79. The predicted molar refractivity (Wildman–Crippen MR) is 57.4 cm³/mol. The van der Waals surface area contributed by atoms with Gasteiger partial charge in [0, 0.05) is 0 Å². The Labute approximate surface area is 92.3 Å². The van der Waals surface area contributed by atoms with Gasteiger partial charge in [0.25, 0.3) is 0 Å². The molecule has 82 valence electrons. The maximum absolute atomic E-state index is 10.9. The Kier molecular flexibility index (Phi) is 2.68. The molecule has 16 heavy (non-hydrogen) atoms. The van der Waals surface area contributed by atoms with Gasteiger partial charge >= 0.3 is 0 Å². The molecule has 0 spiro atoms. The Hall–Kier alpha value is -2.17. The molecule has 0 atom stereocenters. The molecule has 1 N–H and O–H groups in total. The second kappa shape index (κ2) is 4.14. The Balaban J connectivity index is 2.24. The van der Waals surface area contributed by atoms with Gasteiger partial charge in [0.05, 0.1) is 24.0 Å². The fourth-order valence-corrected chi connectivity index (χ4v) is 1.37. The second-order valence-electron chi connectivity index (χ2n) is 3.55. The lowest BCUT2D eigenvalue weighted by atomic mass is 10.2. The fourth-order valence-electron chi connectivity index (χ4n) is 1.37. The molecule has 1 aromatic heterocycles. The number of rotatable bonds is 3. The molecule has 2 aromatic rings. The van der Waals surface area contributed by atoms with Crippen molar-refractivity contribution in [3.05, 3.63) is 36.2 Å². The molecule has 0 aliphatic carbocycles. The van der Waals surface area contributed by atoms with E-state index in [0.29, 0.717) is 5.69 Å². The van der Waals surface area contributed by atoms with Crippen molar-refractivity contribution < 1.29 is 9.90 Å². The van der Waals surface area contributed by atoms with Crippen molar-refractivity contribution in [2.45, 2.75) is 13.3 Å². The molecule has 1 heterocycles. The summed E-state index contributed by atoms with van der Waals surface area (Å²) in [6.07, 6.45) is 1.99. The van der Waals surface area contributed by atoms with Crippen LogP contribution in [0.4, 0.5) is 0 Å². The molecule has 0 saturated heterocycles. The van der Waals surface area contributed by atoms with Crippen LogP contribution >= 0.6 is 0 Å². The van der Waals surface area contributed by atoms with E-state index in [-0.39, 0.29) is 18.0 Å². The number of carbonyl (C=O) groups is 1. The third-order valence-electron chi connectivity index (χ3n) is 2.09. The van der Waals surface area contributed by atoms with Gasteiger partial charge in [-0.2, -0.15) is 0 Å². The van der Waals surface area contributed by atoms with Crippen LogP contribution in [0.5, 0.6) is 5.75 Å². The number of hydrogen-bond donors (Lipinski definition) is 1. The number of phenolic OH excluding ortho intramolecular Hbond substituents is 1. The number of hydrogen-bond acceptors (Lipinski definition) is 4. The van der Waals surface area contributed by atoms with Crippen LogP contribution in [0.1, 0.15) is 12.6 Å². The van der Waals surface area contributed by atoms with Crippen molar-refractivity contribution in [3.63, 3.8) is 0 Å². The maximum Gasteiger partial charge on any atom is 0.135 e. The van der Waals surface area contributed by atoms with E-state index in [2.05, 4.69) is 10.3 Å². The molecule has 0 fully saturated rings. The van der Waals surface area contributed by atoms with Crippen molar-refractivity contribution in [3.8, 4) is 11.4 Å². The van der Waals surface area contributed by atoms with Gasteiger partial charge in [-0.15, -0.1) is 5.10 Å². The Bertz CT molecular complexity index is 502. The summed E-state index contributed by atoms with van der Waals surface area (Å²) in [5.74, 6) is 0.255. The first-order valence-corrected chi connectivity index (χ1v) is 4.85. The molecule has 0 unspecified atom stereocenters. The van der Waals surface area contributed by atoms with E-state index in [1.54, 1.807) is 35.1 Å². The quantitative estimate of drug-likeness (QED) is 0.836. The minimum atomic E-state index is 0.0535. The number of phenols is 1. The van der Waals surface area contributed by atoms with E-state index in [1.165, 1.54) is 6.92 Å². The number of Topliss-reactive ketones (excluding diaryl/α,β-unsaturated/α-hetero) is 1. The molecule has 0 saturated carbocycles. The van der Waals surface area contributed by atoms with Gasteiger partial charge in [-0.25, -0.2) is 4.68 Å². The van der Waals surface area contributed by atoms with Gasteiger partial charge in [0.15, 0.2) is 0 Å². The highest BCUT2D eigenvalue weighted by Crippen LogP contribution is 2.12. The van der Waals surface area contributed by atoms with E-state index in [4.69, 9.17) is 5.11 Å². The van der Waals surface area contributed by atoms with Crippen molar-refractivity contribution >= 4 is 5.78 Å². The number of carbonyl (C=O) groups excluding carboxylic acids is 1. The SMILES string of the molecule is CC(=O)Cc1cn(-c2ccc(O)cc2)nn1. The van der Waals surface area contributed by atoms with E-state index in [9.17, 15) is 4.79 Å². The fraction of sp³-hybridized carbons (Fsp3) is 0.182. The molecule has 5 nitrogen and oxygen atoms in total. The molecule has 0 bridgehead atoms. The van der Waals surface area contributed by atoms with Gasteiger partial charge in [-0.05, 0) is 31.2 Å². The Morgan fingerprint density at radius 1 is 1.38 bits per heavy atom. The van der Waals surface area contributed by atoms with Gasteiger partial charge < -0.3 is 5.11 Å². The number of aromatic hydroxyl groups is 1. The largest absolute Gasteiger partial charge is 0.508 e. The lowest BCUT2D eigenvalue weighted by Gasteiger charge is -1.98. The van der Waals surface area contributed by atoms with Crippen molar-refractivity contribution in [2.75, 3.05) is 0 Å². The first kappa shape index (κ1) is 10.4. The first-order chi connectivity index (χ1) is 7.65. The van der Waals surface area contributed by atoms with Gasteiger partial charge in [-0.3, -0.25) is 4.79 Å². The summed E-state index contributed by atoms with van der Waals surface area (Å²) in [5, 5.41) is 16.9. The molecular weight excluding hydrogens is 206 g/mol. The second-order valence-corrected chi connectivity index (χ2v) is 3.55. The summed E-state index contributed by atoms with van der Waals surface area (Å²) in [5.41, 5.74) is 1.43. The number of nitrogens with zero attached hydrogens (tertiary/aromatic N) is 3. The van der Waals surface area contributed by atoms with Crippen molar-refractivity contribution in [1.29, 1.82) is 0 Å². The number of benzene rings is 1. The van der Waals surface area contributed by atoms with Crippen LogP contribution in [0, 0.1) is 0 Å². The van der Waals surface area contributed by atoms with Crippen LogP contribution in [0.25, 0.3) is 5.69 Å². The van der Waals surface area contributed by atoms with Crippen LogP contribution in [0.3, 0.4) is 0 Å². The van der Waals surface area contributed by atoms with Gasteiger partial charge in [0.1, 0.15) is 11.5 Å². The molecule has 0 radical (unpaired) electrons. The van der Waals surface area contributed by atoms with Crippen molar-refractivity contribution in [2.24, 2.45) is 0 Å². The number of aromatic nitrogens is 3.